The molecule has 3 N–H and O–H groups in total. The molecule has 2 aromatic rings. The predicted octanol–water partition coefficient (Wildman–Crippen LogP) is 3.46. The number of halogens is 2. The number of hydrogen-bond acceptors (Lipinski definition) is 3. The van der Waals surface area contributed by atoms with E-state index in [2.05, 4.69) is 39.4 Å². The van der Waals surface area contributed by atoms with Crippen molar-refractivity contribution in [2.45, 2.75) is 19.8 Å². The number of rotatable bonds is 8. The topological polar surface area (TPSA) is 82.6 Å². The Kier molecular flexibility index (Phi) is 10.4. The lowest BCUT2D eigenvalue weighted by Gasteiger charge is -2.16. The van der Waals surface area contributed by atoms with Gasteiger partial charge in [0, 0.05) is 20.1 Å². The summed E-state index contributed by atoms with van der Waals surface area (Å²) in [4.78, 5) is 4.11. The van der Waals surface area contributed by atoms with Gasteiger partial charge in [-0.2, -0.15) is 0 Å². The van der Waals surface area contributed by atoms with E-state index in [0.29, 0.717) is 18.1 Å². The fourth-order valence-electron chi connectivity index (χ4n) is 2.56. The monoisotopic (exact) mass is 534 g/mol. The number of nitrogens with one attached hydrogen (secondary N) is 3. The van der Waals surface area contributed by atoms with E-state index in [1.54, 1.807) is 14.0 Å². The highest BCUT2D eigenvalue weighted by atomic mass is 127. The van der Waals surface area contributed by atoms with Crippen LogP contribution in [0.2, 0.25) is 0 Å². The summed E-state index contributed by atoms with van der Waals surface area (Å²) in [6.45, 7) is 4.56. The molecule has 160 valence electrons. The minimum absolute atomic E-state index is 0. The molecule has 0 amide bonds. The molecule has 0 radical (unpaired) electrons. The van der Waals surface area contributed by atoms with E-state index >= 15 is 0 Å². The lowest BCUT2D eigenvalue weighted by atomic mass is 10.0. The standard InChI is InChI=1S/C20H27FN4O2S.HI/c1-15-9-10-18(13-19(15)21)25-28(26,27)12-11-23-20(22-3)24-14-16(2)17-7-5-4-6-8-17;/h4-10,13,16,25H,11-12,14H2,1-3H3,(H2,22,23,24);1H. The van der Waals surface area contributed by atoms with Gasteiger partial charge in [0.05, 0.1) is 11.4 Å². The van der Waals surface area contributed by atoms with Crippen molar-refractivity contribution >= 4 is 45.6 Å². The first-order chi connectivity index (χ1) is 13.3. The number of sulfonamides is 1. The Hall–Kier alpha value is -1.88. The van der Waals surface area contributed by atoms with Gasteiger partial charge in [-0.05, 0) is 36.1 Å². The zero-order valence-corrected chi connectivity index (χ0v) is 19.9. The van der Waals surface area contributed by atoms with E-state index in [1.165, 1.54) is 23.8 Å². The first-order valence-corrected chi connectivity index (χ1v) is 10.7. The molecule has 1 unspecified atom stereocenters. The first-order valence-electron chi connectivity index (χ1n) is 9.07. The maximum atomic E-state index is 13.6. The molecule has 0 saturated heterocycles. The average Bonchev–Trinajstić information content (AvgIpc) is 2.67. The Morgan fingerprint density at radius 1 is 1.14 bits per heavy atom. The third kappa shape index (κ3) is 8.57. The molecular weight excluding hydrogens is 506 g/mol. The molecule has 0 aliphatic heterocycles. The molecule has 0 bridgehead atoms. The van der Waals surface area contributed by atoms with E-state index in [0.717, 1.165) is 0 Å². The van der Waals surface area contributed by atoms with Crippen molar-refractivity contribution < 1.29 is 12.8 Å². The van der Waals surface area contributed by atoms with Crippen molar-refractivity contribution in [1.29, 1.82) is 0 Å². The van der Waals surface area contributed by atoms with Gasteiger partial charge in [-0.25, -0.2) is 12.8 Å². The molecule has 0 aliphatic rings. The predicted molar refractivity (Wildman–Crippen MR) is 128 cm³/mol. The second-order valence-electron chi connectivity index (χ2n) is 6.58. The molecule has 1 atom stereocenters. The van der Waals surface area contributed by atoms with Crippen LogP contribution in [0.1, 0.15) is 24.0 Å². The van der Waals surface area contributed by atoms with Crippen LogP contribution in [-0.2, 0) is 10.0 Å². The van der Waals surface area contributed by atoms with Crippen LogP contribution in [0.25, 0.3) is 0 Å². The van der Waals surface area contributed by atoms with Gasteiger partial charge in [0.1, 0.15) is 5.82 Å². The molecule has 2 rings (SSSR count). The maximum Gasteiger partial charge on any atom is 0.234 e. The number of nitrogens with zero attached hydrogens (tertiary/aromatic N) is 1. The van der Waals surface area contributed by atoms with Crippen molar-refractivity contribution in [3.05, 3.63) is 65.5 Å². The van der Waals surface area contributed by atoms with Crippen molar-refractivity contribution in [2.24, 2.45) is 4.99 Å². The van der Waals surface area contributed by atoms with Crippen LogP contribution in [0.5, 0.6) is 0 Å². The van der Waals surface area contributed by atoms with Crippen LogP contribution < -0.4 is 15.4 Å². The average molecular weight is 534 g/mol. The molecule has 0 spiro atoms. The molecule has 0 aliphatic carbocycles. The first kappa shape index (κ1) is 25.2. The van der Waals surface area contributed by atoms with Gasteiger partial charge in [-0.15, -0.1) is 24.0 Å². The molecule has 0 saturated carbocycles. The summed E-state index contributed by atoms with van der Waals surface area (Å²) in [7, 11) is -1.98. The lowest BCUT2D eigenvalue weighted by molar-refractivity contribution is 0.599. The molecule has 2 aromatic carbocycles. The van der Waals surface area contributed by atoms with Crippen LogP contribution in [-0.4, -0.2) is 40.3 Å². The van der Waals surface area contributed by atoms with Gasteiger partial charge < -0.3 is 10.6 Å². The van der Waals surface area contributed by atoms with Crippen molar-refractivity contribution in [3.63, 3.8) is 0 Å². The number of hydrogen-bond donors (Lipinski definition) is 3. The van der Waals surface area contributed by atoms with Gasteiger partial charge in [0.2, 0.25) is 10.0 Å². The molecule has 0 fully saturated rings. The summed E-state index contributed by atoms with van der Waals surface area (Å²) in [5.74, 6) is 0.189. The van der Waals surface area contributed by atoms with Crippen LogP contribution in [0.3, 0.4) is 0 Å². The van der Waals surface area contributed by atoms with Crippen LogP contribution >= 0.6 is 24.0 Å². The van der Waals surface area contributed by atoms with Crippen LogP contribution in [0.15, 0.2) is 53.5 Å². The fraction of sp³-hybridized carbons (Fsp3) is 0.350. The third-order valence-corrected chi connectivity index (χ3v) is 5.56. The summed E-state index contributed by atoms with van der Waals surface area (Å²) in [6, 6.07) is 14.3. The maximum absolute atomic E-state index is 13.6. The molecular formula is C20H28FIN4O2S. The van der Waals surface area contributed by atoms with Gasteiger partial charge in [0.15, 0.2) is 5.96 Å². The zero-order chi connectivity index (χ0) is 20.6. The van der Waals surface area contributed by atoms with E-state index < -0.39 is 15.8 Å². The molecule has 0 heterocycles. The third-order valence-electron chi connectivity index (χ3n) is 4.28. The Morgan fingerprint density at radius 3 is 2.45 bits per heavy atom. The number of anilines is 1. The minimum atomic E-state index is -3.60. The highest BCUT2D eigenvalue weighted by Crippen LogP contribution is 2.15. The summed E-state index contributed by atoms with van der Waals surface area (Å²) in [5.41, 5.74) is 1.88. The SMILES string of the molecule is CN=C(NCCS(=O)(=O)Nc1ccc(C)c(F)c1)NCC(C)c1ccccc1.I. The number of guanidine groups is 1. The highest BCUT2D eigenvalue weighted by Gasteiger charge is 2.12. The molecule has 29 heavy (non-hydrogen) atoms. The van der Waals surface area contributed by atoms with E-state index in [4.69, 9.17) is 0 Å². The number of benzene rings is 2. The lowest BCUT2D eigenvalue weighted by Crippen LogP contribution is -2.41. The summed E-state index contributed by atoms with van der Waals surface area (Å²) in [5, 5.41) is 6.18. The second-order valence-corrected chi connectivity index (χ2v) is 8.42. The van der Waals surface area contributed by atoms with E-state index in [9.17, 15) is 12.8 Å². The van der Waals surface area contributed by atoms with E-state index in [-0.39, 0.29) is 47.9 Å². The van der Waals surface area contributed by atoms with Gasteiger partial charge in [-0.1, -0.05) is 43.3 Å². The fourth-order valence-corrected chi connectivity index (χ4v) is 3.52. The Bertz CT molecular complexity index is 908. The number of aliphatic imine (C=N–C) groups is 1. The van der Waals surface area contributed by atoms with Crippen molar-refractivity contribution in [2.75, 3.05) is 30.6 Å². The van der Waals surface area contributed by atoms with Gasteiger partial charge in [-0.3, -0.25) is 9.71 Å². The van der Waals surface area contributed by atoms with Gasteiger partial charge >= 0.3 is 0 Å². The quantitative estimate of drug-likeness (QED) is 0.275. The Morgan fingerprint density at radius 2 is 1.83 bits per heavy atom. The van der Waals surface area contributed by atoms with Crippen molar-refractivity contribution in [1.82, 2.24) is 10.6 Å². The number of aryl methyl sites for hydroxylation is 1. The largest absolute Gasteiger partial charge is 0.356 e. The molecule has 9 heteroatoms. The van der Waals surface area contributed by atoms with Crippen molar-refractivity contribution in [3.8, 4) is 0 Å². The molecule has 0 aromatic heterocycles. The van der Waals surface area contributed by atoms with Crippen LogP contribution in [0.4, 0.5) is 10.1 Å². The normalized spacial score (nSPS) is 12.6. The van der Waals surface area contributed by atoms with Gasteiger partial charge in [0.25, 0.3) is 0 Å². The second kappa shape index (κ2) is 12.0. The molecule has 6 nitrogen and oxygen atoms in total. The smallest absolute Gasteiger partial charge is 0.234 e. The van der Waals surface area contributed by atoms with Crippen LogP contribution in [0, 0.1) is 12.7 Å². The summed E-state index contributed by atoms with van der Waals surface area (Å²) >= 11 is 0. The summed E-state index contributed by atoms with van der Waals surface area (Å²) in [6.07, 6.45) is 0. The zero-order valence-electron chi connectivity index (χ0n) is 16.8. The Labute approximate surface area is 189 Å². The van der Waals surface area contributed by atoms with E-state index in [1.807, 2.05) is 18.2 Å². The highest BCUT2D eigenvalue weighted by molar-refractivity contribution is 14.0. The summed E-state index contributed by atoms with van der Waals surface area (Å²) < 4.78 is 40.3. The minimum Gasteiger partial charge on any atom is -0.356 e. The Balaban J connectivity index is 0.00000420.